The Bertz CT molecular complexity index is 391. The molecule has 0 aromatic rings. The Kier molecular flexibility index (Phi) is 6.18. The molecule has 1 unspecified atom stereocenters. The molecule has 0 bridgehead atoms. The van der Waals surface area contributed by atoms with E-state index in [0.29, 0.717) is 19.6 Å². The molecule has 1 amide bonds. The van der Waals surface area contributed by atoms with E-state index in [4.69, 9.17) is 0 Å². The summed E-state index contributed by atoms with van der Waals surface area (Å²) in [4.78, 5) is 11.4. The molecule has 0 aliphatic carbocycles. The number of amides is 1. The van der Waals surface area contributed by atoms with E-state index in [1.165, 1.54) is 15.7 Å². The van der Waals surface area contributed by atoms with Crippen LogP contribution in [0.15, 0.2) is 0 Å². The number of carbonyl (C=O) groups excluding carboxylic acids is 1. The summed E-state index contributed by atoms with van der Waals surface area (Å²) in [5.41, 5.74) is 0. The number of nitrogens with zero attached hydrogens (tertiary/aromatic N) is 2. The Hall–Kier alpha value is -0.700. The average molecular weight is 292 g/mol. The zero-order valence-corrected chi connectivity index (χ0v) is 12.7. The van der Waals surface area contributed by atoms with Crippen molar-refractivity contribution in [3.8, 4) is 0 Å². The average Bonchev–Trinajstić information content (AvgIpc) is 2.66. The van der Waals surface area contributed by atoms with Gasteiger partial charge in [-0.15, -0.1) is 0 Å². The summed E-state index contributed by atoms with van der Waals surface area (Å²) in [5.74, 6) is -0.519. The van der Waals surface area contributed by atoms with Crippen LogP contribution in [-0.2, 0) is 15.0 Å². The highest BCUT2D eigenvalue weighted by molar-refractivity contribution is 7.86. The molecular weight excluding hydrogens is 268 g/mol. The third-order valence-corrected chi connectivity index (χ3v) is 5.20. The molecule has 0 aromatic heterocycles. The summed E-state index contributed by atoms with van der Waals surface area (Å²) in [5, 5.41) is 5.69. The first-order chi connectivity index (χ1) is 8.89. The van der Waals surface area contributed by atoms with Crippen molar-refractivity contribution < 1.29 is 13.2 Å². The van der Waals surface area contributed by atoms with Gasteiger partial charge in [-0.2, -0.15) is 17.0 Å². The molecule has 0 spiro atoms. The predicted octanol–water partition coefficient (Wildman–Crippen LogP) is -1.16. The van der Waals surface area contributed by atoms with Crippen LogP contribution in [0.25, 0.3) is 0 Å². The van der Waals surface area contributed by atoms with Crippen molar-refractivity contribution >= 4 is 16.1 Å². The minimum absolute atomic E-state index is 0.153. The molecule has 1 saturated heterocycles. The van der Waals surface area contributed by atoms with Gasteiger partial charge in [0.1, 0.15) is 0 Å². The van der Waals surface area contributed by atoms with E-state index >= 15 is 0 Å². The zero-order valence-electron chi connectivity index (χ0n) is 11.8. The van der Waals surface area contributed by atoms with Crippen molar-refractivity contribution in [1.29, 1.82) is 0 Å². The van der Waals surface area contributed by atoms with Crippen LogP contribution in [0.5, 0.6) is 0 Å². The normalized spacial score (nSPS) is 20.0. The number of nitrogens with one attached hydrogen (secondary N) is 2. The van der Waals surface area contributed by atoms with Crippen molar-refractivity contribution in [3.05, 3.63) is 0 Å². The van der Waals surface area contributed by atoms with Crippen molar-refractivity contribution in [3.63, 3.8) is 0 Å². The van der Waals surface area contributed by atoms with Gasteiger partial charge in [0.25, 0.3) is 10.2 Å². The van der Waals surface area contributed by atoms with E-state index in [9.17, 15) is 13.2 Å². The smallest absolute Gasteiger partial charge is 0.281 e. The quantitative estimate of drug-likeness (QED) is 0.670. The van der Waals surface area contributed by atoms with Crippen molar-refractivity contribution in [1.82, 2.24) is 19.2 Å². The van der Waals surface area contributed by atoms with E-state index in [1.807, 2.05) is 0 Å². The lowest BCUT2D eigenvalue weighted by atomic mass is 10.2. The first-order valence-corrected chi connectivity index (χ1v) is 7.93. The molecule has 0 aromatic carbocycles. The zero-order chi connectivity index (χ0) is 14.5. The van der Waals surface area contributed by atoms with Crippen molar-refractivity contribution in [2.75, 3.05) is 46.8 Å². The second kappa shape index (κ2) is 7.18. The summed E-state index contributed by atoms with van der Waals surface area (Å²) in [6.45, 7) is 4.40. The van der Waals surface area contributed by atoms with Gasteiger partial charge in [0, 0.05) is 46.2 Å². The Morgan fingerprint density at radius 2 is 2.11 bits per heavy atom. The molecule has 2 N–H and O–H groups in total. The lowest BCUT2D eigenvalue weighted by Crippen LogP contribution is -2.46. The van der Waals surface area contributed by atoms with Gasteiger partial charge in [0.15, 0.2) is 0 Å². The first-order valence-electron chi connectivity index (χ1n) is 6.53. The minimum atomic E-state index is -3.48. The summed E-state index contributed by atoms with van der Waals surface area (Å²) < 4.78 is 27.5. The van der Waals surface area contributed by atoms with Gasteiger partial charge in [-0.25, -0.2) is 0 Å². The maximum absolute atomic E-state index is 12.4. The van der Waals surface area contributed by atoms with Gasteiger partial charge in [-0.3, -0.25) is 4.79 Å². The molecule has 8 heteroatoms. The topological polar surface area (TPSA) is 81.8 Å². The second-order valence-electron chi connectivity index (χ2n) is 4.81. The fourth-order valence-electron chi connectivity index (χ4n) is 2.06. The lowest BCUT2D eigenvalue weighted by Gasteiger charge is -2.27. The number of rotatable bonds is 5. The molecule has 0 radical (unpaired) electrons. The van der Waals surface area contributed by atoms with Crippen LogP contribution in [-0.4, -0.2) is 69.8 Å². The third kappa shape index (κ3) is 4.41. The molecule has 0 saturated carbocycles. The Labute approximate surface area is 115 Å². The third-order valence-electron chi connectivity index (χ3n) is 3.24. The van der Waals surface area contributed by atoms with Crippen molar-refractivity contribution in [2.24, 2.45) is 5.92 Å². The number of hydrogen-bond acceptors (Lipinski definition) is 4. The van der Waals surface area contributed by atoms with Gasteiger partial charge in [0.05, 0.1) is 0 Å². The molecule has 1 rings (SSSR count). The SMILES string of the molecule is CNC(=O)C(C)CN(C)S(=O)(=O)N1CCCNCC1. The van der Waals surface area contributed by atoms with Crippen LogP contribution in [0, 0.1) is 5.92 Å². The molecular formula is C11H24N4O3S. The molecule has 1 fully saturated rings. The Morgan fingerprint density at radius 1 is 1.42 bits per heavy atom. The Balaban J connectivity index is 2.67. The molecule has 1 aliphatic rings. The number of hydrogen-bond donors (Lipinski definition) is 2. The highest BCUT2D eigenvalue weighted by Crippen LogP contribution is 2.11. The van der Waals surface area contributed by atoms with Crippen LogP contribution in [0.3, 0.4) is 0 Å². The fraction of sp³-hybridized carbons (Fsp3) is 0.909. The minimum Gasteiger partial charge on any atom is -0.359 e. The molecule has 1 aliphatic heterocycles. The first kappa shape index (κ1) is 16.4. The van der Waals surface area contributed by atoms with Gasteiger partial charge < -0.3 is 10.6 Å². The Morgan fingerprint density at radius 3 is 2.74 bits per heavy atom. The molecule has 7 nitrogen and oxygen atoms in total. The van der Waals surface area contributed by atoms with E-state index in [-0.39, 0.29) is 18.4 Å². The number of carbonyl (C=O) groups is 1. The fourth-order valence-corrected chi connectivity index (χ4v) is 3.55. The van der Waals surface area contributed by atoms with Crippen LogP contribution in [0.2, 0.25) is 0 Å². The van der Waals surface area contributed by atoms with Gasteiger partial charge >= 0.3 is 0 Å². The maximum Gasteiger partial charge on any atom is 0.281 e. The van der Waals surface area contributed by atoms with E-state index in [1.54, 1.807) is 14.0 Å². The summed E-state index contributed by atoms with van der Waals surface area (Å²) >= 11 is 0. The van der Waals surface area contributed by atoms with Crippen LogP contribution in [0.4, 0.5) is 0 Å². The molecule has 112 valence electrons. The van der Waals surface area contributed by atoms with Gasteiger partial charge in [0.2, 0.25) is 5.91 Å². The monoisotopic (exact) mass is 292 g/mol. The molecule has 1 heterocycles. The standard InChI is InChI=1S/C11H24N4O3S/c1-10(11(16)12-2)9-14(3)19(17,18)15-7-4-5-13-6-8-15/h10,13H,4-9H2,1-3H3,(H,12,16). The summed E-state index contributed by atoms with van der Waals surface area (Å²) in [6, 6.07) is 0. The van der Waals surface area contributed by atoms with Crippen molar-refractivity contribution in [2.45, 2.75) is 13.3 Å². The highest BCUT2D eigenvalue weighted by Gasteiger charge is 2.29. The lowest BCUT2D eigenvalue weighted by molar-refractivity contribution is -0.124. The molecule has 1 atom stereocenters. The highest BCUT2D eigenvalue weighted by atomic mass is 32.2. The largest absolute Gasteiger partial charge is 0.359 e. The van der Waals surface area contributed by atoms with Crippen LogP contribution >= 0.6 is 0 Å². The van der Waals surface area contributed by atoms with Gasteiger partial charge in [-0.1, -0.05) is 6.92 Å². The second-order valence-corrected chi connectivity index (χ2v) is 6.84. The van der Waals surface area contributed by atoms with Gasteiger partial charge in [-0.05, 0) is 13.0 Å². The summed E-state index contributed by atoms with van der Waals surface area (Å²) in [6.07, 6.45) is 0.804. The van der Waals surface area contributed by atoms with Crippen LogP contribution < -0.4 is 10.6 Å². The molecule has 19 heavy (non-hydrogen) atoms. The van der Waals surface area contributed by atoms with Crippen LogP contribution in [0.1, 0.15) is 13.3 Å². The predicted molar refractivity (Wildman–Crippen MR) is 73.8 cm³/mol. The van der Waals surface area contributed by atoms with E-state index in [2.05, 4.69) is 10.6 Å². The maximum atomic E-state index is 12.4. The van der Waals surface area contributed by atoms with E-state index < -0.39 is 10.2 Å². The van der Waals surface area contributed by atoms with E-state index in [0.717, 1.165) is 13.0 Å². The summed E-state index contributed by atoms with van der Waals surface area (Å²) in [7, 11) is -0.405.